The van der Waals surface area contributed by atoms with Crippen LogP contribution in [0, 0.1) is 34.5 Å². The van der Waals surface area contributed by atoms with Crippen molar-refractivity contribution < 1.29 is 53.4 Å². The van der Waals surface area contributed by atoms with E-state index in [1.807, 2.05) is 0 Å². The molecule has 5 heterocycles. The van der Waals surface area contributed by atoms with Crippen LogP contribution in [-0.4, -0.2) is 85.8 Å². The molecule has 3 N–H and O–H groups in total. The Morgan fingerprint density at radius 1 is 1.05 bits per heavy atom. The van der Waals surface area contributed by atoms with Gasteiger partial charge in [-0.3, -0.25) is 14.4 Å². The lowest BCUT2D eigenvalue weighted by Gasteiger charge is -2.64. The van der Waals surface area contributed by atoms with Gasteiger partial charge in [0.15, 0.2) is 28.4 Å². The number of hydrogen-bond donors (Lipinski definition) is 3. The summed E-state index contributed by atoms with van der Waals surface area (Å²) in [4.78, 5) is 55.5. The highest BCUT2D eigenvalue weighted by Gasteiger charge is 2.93. The number of carbonyl (C=O) groups excluding carboxylic acids is 4. The molecular weight excluding hydrogens is 512 g/mol. The molecule has 11 nitrogen and oxygen atoms in total. The minimum Gasteiger partial charge on any atom is -0.458 e. The lowest BCUT2D eigenvalue weighted by atomic mass is 9.46. The van der Waals surface area contributed by atoms with Gasteiger partial charge in [-0.1, -0.05) is 13.0 Å². The Bertz CT molecular complexity index is 1330. The molecule has 0 aromatic heterocycles. The van der Waals surface area contributed by atoms with E-state index in [4.69, 9.17) is 18.9 Å². The topological polar surface area (TPSA) is 166 Å². The van der Waals surface area contributed by atoms with E-state index in [1.165, 1.54) is 12.2 Å². The zero-order valence-corrected chi connectivity index (χ0v) is 22.0. The first-order valence-electron chi connectivity index (χ1n) is 13.8. The van der Waals surface area contributed by atoms with Crippen LogP contribution in [-0.2, 0) is 38.1 Å². The fourth-order valence-corrected chi connectivity index (χ4v) is 10.6. The SMILES string of the molecule is CC12OC(=O)[C@]3(O)CC[C@H]4[C@@H](C[C@H](O)[C@]5(O)CC=CC(=O)[C@]45C)C45OC[C@@H]6C(=O)O[C@H]1C[C@]6(C)[C@@H](C4=O)C23O5. The monoisotopic (exact) mass is 544 g/mol. The first kappa shape index (κ1) is 24.6. The molecule has 0 aromatic carbocycles. The second-order valence-electron chi connectivity index (χ2n) is 13.8. The van der Waals surface area contributed by atoms with Gasteiger partial charge in [-0.15, -0.1) is 0 Å². The first-order chi connectivity index (χ1) is 18.2. The Morgan fingerprint density at radius 3 is 2.54 bits per heavy atom. The molecule has 0 aromatic rings. The number of aliphatic hydroxyl groups is 3. The number of hydrogen-bond acceptors (Lipinski definition) is 11. The third-order valence-corrected chi connectivity index (χ3v) is 12.7. The molecule has 8 rings (SSSR count). The number of fused-ring (bicyclic) bond motifs is 5. The first-order valence-corrected chi connectivity index (χ1v) is 13.8. The van der Waals surface area contributed by atoms with Gasteiger partial charge in [0.25, 0.3) is 0 Å². The van der Waals surface area contributed by atoms with Gasteiger partial charge in [-0.05, 0) is 63.4 Å². The molecule has 5 aliphatic heterocycles. The summed E-state index contributed by atoms with van der Waals surface area (Å²) in [6.45, 7) is 4.69. The second kappa shape index (κ2) is 6.49. The van der Waals surface area contributed by atoms with Gasteiger partial charge < -0.3 is 34.3 Å². The summed E-state index contributed by atoms with van der Waals surface area (Å²) in [5, 5.41) is 35.6. The molecule has 210 valence electrons. The fourth-order valence-electron chi connectivity index (χ4n) is 10.6. The van der Waals surface area contributed by atoms with Gasteiger partial charge in [-0.25, -0.2) is 4.79 Å². The van der Waals surface area contributed by atoms with Crippen molar-refractivity contribution in [3.05, 3.63) is 12.2 Å². The van der Waals surface area contributed by atoms with Crippen molar-refractivity contribution in [3.63, 3.8) is 0 Å². The average Bonchev–Trinajstić information content (AvgIpc) is 3.19. The van der Waals surface area contributed by atoms with Crippen molar-refractivity contribution in [3.8, 4) is 0 Å². The minimum absolute atomic E-state index is 0.0207. The highest BCUT2D eigenvalue weighted by atomic mass is 16.8. The summed E-state index contributed by atoms with van der Waals surface area (Å²) in [6.07, 6.45) is 0.491. The van der Waals surface area contributed by atoms with Crippen LogP contribution in [0.15, 0.2) is 12.2 Å². The summed E-state index contributed by atoms with van der Waals surface area (Å²) in [7, 11) is 0. The molecule has 5 bridgehead atoms. The van der Waals surface area contributed by atoms with Crippen LogP contribution in [0.2, 0.25) is 0 Å². The third kappa shape index (κ3) is 2.10. The fraction of sp³-hybridized carbons (Fsp3) is 0.786. The molecule has 2 spiro atoms. The van der Waals surface area contributed by atoms with Crippen molar-refractivity contribution >= 4 is 23.5 Å². The van der Waals surface area contributed by atoms with Crippen molar-refractivity contribution in [1.29, 1.82) is 0 Å². The van der Waals surface area contributed by atoms with E-state index in [0.717, 1.165) is 0 Å². The third-order valence-electron chi connectivity index (χ3n) is 12.7. The highest BCUT2D eigenvalue weighted by Crippen LogP contribution is 2.75. The minimum atomic E-state index is -2.32. The van der Waals surface area contributed by atoms with Gasteiger partial charge in [0.05, 0.1) is 30.0 Å². The number of esters is 2. The molecule has 7 fully saturated rings. The quantitative estimate of drug-likeness (QED) is 0.344. The van der Waals surface area contributed by atoms with Crippen LogP contribution in [0.4, 0.5) is 0 Å². The number of allylic oxidation sites excluding steroid dienone is 1. The number of carbonyl (C=O) groups is 4. The van der Waals surface area contributed by atoms with Gasteiger partial charge in [0.2, 0.25) is 5.79 Å². The van der Waals surface area contributed by atoms with Crippen LogP contribution in [0.25, 0.3) is 0 Å². The van der Waals surface area contributed by atoms with E-state index in [-0.39, 0.29) is 38.7 Å². The summed E-state index contributed by atoms with van der Waals surface area (Å²) >= 11 is 0. The van der Waals surface area contributed by atoms with Gasteiger partial charge in [-0.2, -0.15) is 0 Å². The second-order valence-corrected chi connectivity index (χ2v) is 13.8. The smallest absolute Gasteiger partial charge is 0.342 e. The molecule has 8 aliphatic rings. The summed E-state index contributed by atoms with van der Waals surface area (Å²) < 4.78 is 24.9. The molecule has 3 aliphatic carbocycles. The number of Topliss-reactive ketones (excluding diaryl/α,β-unsaturated/α-hetero) is 1. The van der Waals surface area contributed by atoms with E-state index in [1.54, 1.807) is 20.8 Å². The van der Waals surface area contributed by atoms with E-state index in [2.05, 4.69) is 0 Å². The predicted octanol–water partition coefficient (Wildman–Crippen LogP) is -0.277. The summed E-state index contributed by atoms with van der Waals surface area (Å²) in [5.41, 5.74) is -10.4. The molecule has 0 radical (unpaired) electrons. The molecule has 5 saturated heterocycles. The van der Waals surface area contributed by atoms with E-state index >= 15 is 0 Å². The van der Waals surface area contributed by atoms with Gasteiger partial charge in [0, 0.05) is 5.92 Å². The molecule has 3 unspecified atom stereocenters. The lowest BCUT2D eigenvalue weighted by Crippen LogP contribution is -2.79. The lowest BCUT2D eigenvalue weighted by molar-refractivity contribution is -0.382. The number of ketones is 2. The maximum absolute atomic E-state index is 14.9. The van der Waals surface area contributed by atoms with Crippen LogP contribution < -0.4 is 0 Å². The molecule has 39 heavy (non-hydrogen) atoms. The molecule has 0 amide bonds. The van der Waals surface area contributed by atoms with Crippen molar-refractivity contribution in [2.75, 3.05) is 6.61 Å². The molecule has 13 atom stereocenters. The Balaban J connectivity index is 1.43. The summed E-state index contributed by atoms with van der Waals surface area (Å²) in [5.74, 6) is -8.35. The van der Waals surface area contributed by atoms with Gasteiger partial charge >= 0.3 is 11.9 Å². The maximum atomic E-state index is 14.9. The number of rotatable bonds is 0. The Hall–Kier alpha value is -2.18. The predicted molar refractivity (Wildman–Crippen MR) is 125 cm³/mol. The van der Waals surface area contributed by atoms with Crippen molar-refractivity contribution in [2.45, 2.75) is 93.3 Å². The van der Waals surface area contributed by atoms with Crippen molar-refractivity contribution in [2.24, 2.45) is 34.5 Å². The summed E-state index contributed by atoms with van der Waals surface area (Å²) in [6, 6.07) is 0. The van der Waals surface area contributed by atoms with E-state index in [0.29, 0.717) is 0 Å². The van der Waals surface area contributed by atoms with Crippen LogP contribution in [0.5, 0.6) is 0 Å². The van der Waals surface area contributed by atoms with Crippen molar-refractivity contribution in [1.82, 2.24) is 0 Å². The van der Waals surface area contributed by atoms with E-state index < -0.39 is 98.4 Å². The molecular formula is C28H32O11. The zero-order valence-electron chi connectivity index (χ0n) is 22.0. The zero-order chi connectivity index (χ0) is 27.8. The van der Waals surface area contributed by atoms with Crippen LogP contribution in [0.3, 0.4) is 0 Å². The van der Waals surface area contributed by atoms with Crippen LogP contribution in [0.1, 0.15) is 52.9 Å². The van der Waals surface area contributed by atoms with Gasteiger partial charge in [0.1, 0.15) is 11.7 Å². The normalized spacial score (nSPS) is 62.0. The van der Waals surface area contributed by atoms with E-state index in [9.17, 15) is 34.5 Å². The Labute approximate surface area is 223 Å². The standard InChI is InChI=1S/C28H32O11/c1-22-10-17-24(3)28-18(22)19(31)27(39-28,36-11-14(22)20(32)37-17)13-9-16(30)25(34)7-4-5-15(29)23(25,2)12(13)6-8-26(28,35)21(33)38-24/h4-5,12-14,16-18,30,34-35H,6-11H2,1-3H3/t12-,13+,14+,16-,17-,18+,22-,23-,24?,25+,26+,27?,28?/m0/s1. The number of ether oxygens (including phenoxy) is 4. The molecule has 2 saturated carbocycles. The Kier molecular flexibility index (Phi) is 4.09. The largest absolute Gasteiger partial charge is 0.458 e. The average molecular weight is 545 g/mol. The molecule has 11 heteroatoms. The number of aliphatic hydroxyl groups excluding tert-OH is 1. The highest BCUT2D eigenvalue weighted by molar-refractivity contribution is 6.00. The Morgan fingerprint density at radius 2 is 1.79 bits per heavy atom. The maximum Gasteiger partial charge on any atom is 0.342 e. The van der Waals surface area contributed by atoms with Crippen LogP contribution >= 0.6 is 0 Å².